The number of fused-ring (bicyclic) bond motifs is 2. The summed E-state index contributed by atoms with van der Waals surface area (Å²) in [5.41, 5.74) is 10.3. The van der Waals surface area contributed by atoms with Crippen molar-refractivity contribution in [3.8, 4) is 0 Å². The van der Waals surface area contributed by atoms with E-state index in [2.05, 4.69) is 44.7 Å². The van der Waals surface area contributed by atoms with Crippen LogP contribution in [0.3, 0.4) is 0 Å². The number of aliphatic imine (C=N–C) groups is 1. The molecule has 3 heterocycles. The van der Waals surface area contributed by atoms with Crippen molar-refractivity contribution in [3.63, 3.8) is 0 Å². The number of pyridine rings is 2. The number of nitrogens with zero attached hydrogens (tertiary/aromatic N) is 4. The minimum atomic E-state index is 0.754. The fourth-order valence-electron chi connectivity index (χ4n) is 2.85. The largest absolute Gasteiger partial charge is 0.291 e. The van der Waals surface area contributed by atoms with Gasteiger partial charge in [0, 0.05) is 18.6 Å². The first-order valence-corrected chi connectivity index (χ1v) is 7.89. The van der Waals surface area contributed by atoms with Crippen LogP contribution in [0, 0.1) is 0 Å². The summed E-state index contributed by atoms with van der Waals surface area (Å²) in [5.74, 6) is 0.932. The molecule has 0 bridgehead atoms. The first-order valence-electron chi connectivity index (χ1n) is 7.89. The molecule has 0 unspecified atom stereocenters. The first-order chi connectivity index (χ1) is 11.7. The zero-order valence-electron chi connectivity index (χ0n) is 13.7. The van der Waals surface area contributed by atoms with E-state index in [1.807, 2.05) is 36.9 Å². The van der Waals surface area contributed by atoms with E-state index in [0.717, 1.165) is 40.4 Å². The molecule has 3 N–H and O–H groups in total. The summed E-state index contributed by atoms with van der Waals surface area (Å²) in [6.45, 7) is 2.73. The highest BCUT2D eigenvalue weighted by Gasteiger charge is 2.25. The Bertz CT molecular complexity index is 934. The highest BCUT2D eigenvalue weighted by molar-refractivity contribution is 5.97. The summed E-state index contributed by atoms with van der Waals surface area (Å²) in [6.07, 6.45) is 1.82. The first kappa shape index (κ1) is 14.6. The van der Waals surface area contributed by atoms with Gasteiger partial charge in [-0.05, 0) is 42.8 Å². The van der Waals surface area contributed by atoms with E-state index in [1.54, 1.807) is 7.05 Å². The van der Waals surface area contributed by atoms with Crippen LogP contribution in [0.5, 0.6) is 0 Å². The molecule has 2 aromatic heterocycles. The molecule has 0 fully saturated rings. The molecule has 1 aliphatic heterocycles. The lowest BCUT2D eigenvalue weighted by atomic mass is 10.1. The third-order valence-corrected chi connectivity index (χ3v) is 4.25. The fourth-order valence-corrected chi connectivity index (χ4v) is 2.85. The van der Waals surface area contributed by atoms with Crippen LogP contribution >= 0.6 is 0 Å². The standard InChI is InChI=1S/C18H18N6/c1-12(19-2)15-7-8-17-18(21-15)24(23-22-17)11-13-5-6-16-14(10-13)4-3-9-20-16/h3-10,22-23H,11H2,1-2H3/p+1. The number of nitrogen functional groups attached to an aromatic ring is 1. The summed E-state index contributed by atoms with van der Waals surface area (Å²) in [4.78, 5) is 13.3. The monoisotopic (exact) mass is 319 g/mol. The quantitative estimate of drug-likeness (QED) is 0.571. The van der Waals surface area contributed by atoms with Crippen LogP contribution in [0.25, 0.3) is 10.9 Å². The lowest BCUT2D eigenvalue weighted by Crippen LogP contribution is -2.95. The average Bonchev–Trinajstić information content (AvgIpc) is 3.03. The van der Waals surface area contributed by atoms with Crippen molar-refractivity contribution >= 4 is 28.1 Å². The van der Waals surface area contributed by atoms with Crippen molar-refractivity contribution in [2.75, 3.05) is 17.5 Å². The van der Waals surface area contributed by atoms with Gasteiger partial charge >= 0.3 is 0 Å². The predicted octanol–water partition coefficient (Wildman–Crippen LogP) is 1.89. The van der Waals surface area contributed by atoms with E-state index >= 15 is 0 Å². The molecule has 0 amide bonds. The van der Waals surface area contributed by atoms with Crippen molar-refractivity contribution in [2.24, 2.45) is 4.99 Å². The number of aromatic nitrogens is 2. The van der Waals surface area contributed by atoms with E-state index in [-0.39, 0.29) is 0 Å². The maximum atomic E-state index is 4.75. The molecule has 6 heteroatoms. The van der Waals surface area contributed by atoms with Gasteiger partial charge in [0.15, 0.2) is 0 Å². The number of benzene rings is 1. The van der Waals surface area contributed by atoms with E-state index in [9.17, 15) is 0 Å². The van der Waals surface area contributed by atoms with Gasteiger partial charge in [0.2, 0.25) is 5.82 Å². The summed E-state index contributed by atoms with van der Waals surface area (Å²) in [7, 11) is 1.79. The normalized spacial score (nSPS) is 13.9. The van der Waals surface area contributed by atoms with E-state index in [1.165, 1.54) is 5.56 Å². The van der Waals surface area contributed by atoms with Crippen LogP contribution in [-0.2, 0) is 6.54 Å². The second-order valence-electron chi connectivity index (χ2n) is 5.81. The number of quaternary nitrogens is 1. The molecule has 0 aliphatic carbocycles. The van der Waals surface area contributed by atoms with Gasteiger partial charge in [-0.1, -0.05) is 12.1 Å². The maximum Gasteiger partial charge on any atom is 0.209 e. The van der Waals surface area contributed by atoms with Gasteiger partial charge in [-0.2, -0.15) is 5.01 Å². The molecule has 1 aliphatic rings. The van der Waals surface area contributed by atoms with Crippen LogP contribution in [0.15, 0.2) is 53.7 Å². The van der Waals surface area contributed by atoms with Crippen molar-refractivity contribution in [1.29, 1.82) is 0 Å². The van der Waals surface area contributed by atoms with E-state index < -0.39 is 0 Å². The van der Waals surface area contributed by atoms with Gasteiger partial charge in [-0.25, -0.2) is 10.4 Å². The van der Waals surface area contributed by atoms with Crippen molar-refractivity contribution in [1.82, 2.24) is 9.97 Å². The Hall–Kier alpha value is -2.99. The second-order valence-corrected chi connectivity index (χ2v) is 5.81. The zero-order chi connectivity index (χ0) is 16.5. The van der Waals surface area contributed by atoms with Crippen LogP contribution in [0.2, 0.25) is 0 Å². The van der Waals surface area contributed by atoms with Crippen LogP contribution in [-0.4, -0.2) is 22.7 Å². The molecule has 4 rings (SSSR count). The Balaban J connectivity index is 1.64. The average molecular weight is 319 g/mol. The summed E-state index contributed by atoms with van der Waals surface area (Å²) in [5, 5.41) is 3.28. The summed E-state index contributed by atoms with van der Waals surface area (Å²) in [6, 6.07) is 14.4. The maximum absolute atomic E-state index is 4.75. The number of rotatable bonds is 3. The van der Waals surface area contributed by atoms with E-state index in [4.69, 9.17) is 4.98 Å². The molecule has 3 aromatic rings. The second kappa shape index (κ2) is 5.90. The van der Waals surface area contributed by atoms with Crippen molar-refractivity contribution in [2.45, 2.75) is 13.5 Å². The van der Waals surface area contributed by atoms with Gasteiger partial charge in [0.1, 0.15) is 5.69 Å². The van der Waals surface area contributed by atoms with Gasteiger partial charge < -0.3 is 0 Å². The molecular formula is C18H19N6+. The molecule has 1 aromatic carbocycles. The third-order valence-electron chi connectivity index (χ3n) is 4.25. The molecule has 0 spiro atoms. The lowest BCUT2D eigenvalue weighted by Gasteiger charge is -2.13. The molecule has 120 valence electrons. The Labute approximate surface area is 140 Å². The van der Waals surface area contributed by atoms with Gasteiger partial charge in [-0.3, -0.25) is 9.98 Å². The fraction of sp³-hybridized carbons (Fsp3) is 0.167. The highest BCUT2D eigenvalue weighted by atomic mass is 15.7. The molecular weight excluding hydrogens is 300 g/mol. The number of hydrogen-bond donors (Lipinski definition) is 2. The molecule has 6 nitrogen and oxygen atoms in total. The Morgan fingerprint density at radius 1 is 1.25 bits per heavy atom. The molecule has 0 saturated heterocycles. The SMILES string of the molecule is CN=C(C)c1ccc2c(n1)N(Cc1ccc3ncccc3c1)[NH2+]N2. The summed E-state index contributed by atoms with van der Waals surface area (Å²) < 4.78 is 0. The topological polar surface area (TPSA) is 70.0 Å². The predicted molar refractivity (Wildman–Crippen MR) is 95.8 cm³/mol. The zero-order valence-corrected chi connectivity index (χ0v) is 13.7. The van der Waals surface area contributed by atoms with Crippen LogP contribution in [0.4, 0.5) is 11.5 Å². The number of anilines is 2. The number of hydrogen-bond acceptors (Lipinski definition) is 5. The van der Waals surface area contributed by atoms with Crippen molar-refractivity contribution < 1.29 is 5.53 Å². The van der Waals surface area contributed by atoms with Gasteiger partial charge in [0.05, 0.1) is 23.5 Å². The molecule has 24 heavy (non-hydrogen) atoms. The lowest BCUT2D eigenvalue weighted by molar-refractivity contribution is -0.633. The Morgan fingerprint density at radius 2 is 2.17 bits per heavy atom. The van der Waals surface area contributed by atoms with E-state index in [0.29, 0.717) is 0 Å². The van der Waals surface area contributed by atoms with Gasteiger partial charge in [0.25, 0.3) is 0 Å². The summed E-state index contributed by atoms with van der Waals surface area (Å²) >= 11 is 0. The minimum Gasteiger partial charge on any atom is -0.291 e. The number of nitrogens with one attached hydrogen (secondary N) is 1. The molecule has 0 atom stereocenters. The number of nitrogens with two attached hydrogens (primary N) is 1. The van der Waals surface area contributed by atoms with Crippen LogP contribution in [0.1, 0.15) is 18.2 Å². The molecule has 0 radical (unpaired) electrons. The highest BCUT2D eigenvalue weighted by Crippen LogP contribution is 2.25. The third kappa shape index (κ3) is 2.57. The Morgan fingerprint density at radius 3 is 3.04 bits per heavy atom. The Kier molecular flexibility index (Phi) is 3.59. The van der Waals surface area contributed by atoms with Crippen molar-refractivity contribution in [3.05, 3.63) is 59.9 Å². The van der Waals surface area contributed by atoms with Crippen LogP contribution < -0.4 is 16.0 Å². The minimum absolute atomic E-state index is 0.754. The molecule has 0 saturated carbocycles. The smallest absolute Gasteiger partial charge is 0.209 e. The van der Waals surface area contributed by atoms with Gasteiger partial charge in [-0.15, -0.1) is 5.53 Å².